The van der Waals surface area contributed by atoms with Crippen LogP contribution in [-0.4, -0.2) is 24.0 Å². The lowest BCUT2D eigenvalue weighted by molar-refractivity contribution is 0.599. The van der Waals surface area contributed by atoms with Gasteiger partial charge in [-0.15, -0.1) is 0 Å². The second-order valence-electron chi connectivity index (χ2n) is 4.69. The summed E-state index contributed by atoms with van der Waals surface area (Å²) in [7, 11) is -2.11. The molecule has 0 saturated carbocycles. The molecule has 0 aliphatic rings. The van der Waals surface area contributed by atoms with Crippen molar-refractivity contribution in [3.05, 3.63) is 41.2 Å². The molecule has 0 aliphatic heterocycles. The third-order valence-corrected chi connectivity index (χ3v) is 4.79. The Morgan fingerprint density at radius 3 is 2.48 bits per heavy atom. The molecule has 112 valence electrons. The van der Waals surface area contributed by atoms with Crippen LogP contribution in [0.25, 0.3) is 0 Å². The first-order valence-electron chi connectivity index (χ1n) is 6.20. The molecule has 0 spiro atoms. The zero-order chi connectivity index (χ0) is 15.8. The Labute approximate surface area is 123 Å². The third kappa shape index (κ3) is 2.75. The monoisotopic (exact) mass is 307 g/mol. The van der Waals surface area contributed by atoms with Gasteiger partial charge in [0.05, 0.1) is 17.1 Å². The van der Waals surface area contributed by atoms with Gasteiger partial charge in [0, 0.05) is 12.6 Å². The van der Waals surface area contributed by atoms with E-state index in [1.807, 2.05) is 0 Å². The Morgan fingerprint density at radius 1 is 1.33 bits per heavy atom. The summed E-state index contributed by atoms with van der Waals surface area (Å²) in [6.45, 7) is 3.32. The average Bonchev–Trinajstić information content (AvgIpc) is 2.63. The molecule has 1 aromatic carbocycles. The van der Waals surface area contributed by atoms with E-state index in [0.717, 1.165) is 0 Å². The van der Waals surface area contributed by atoms with Crippen LogP contribution in [0.3, 0.4) is 0 Å². The molecule has 0 aliphatic carbocycles. The van der Waals surface area contributed by atoms with Crippen molar-refractivity contribution >= 4 is 21.5 Å². The number of hydrogen-bond acceptors (Lipinski definition) is 4. The maximum atomic E-state index is 12.6. The number of nitrogens with zero attached hydrogens (tertiary/aromatic N) is 2. The molecule has 0 atom stereocenters. The van der Waals surface area contributed by atoms with Crippen molar-refractivity contribution in [3.63, 3.8) is 0 Å². The van der Waals surface area contributed by atoms with Gasteiger partial charge >= 0.3 is 0 Å². The van der Waals surface area contributed by atoms with E-state index in [2.05, 4.69) is 9.82 Å². The van der Waals surface area contributed by atoms with Crippen molar-refractivity contribution in [1.82, 2.24) is 9.78 Å². The first-order valence-corrected chi connectivity index (χ1v) is 7.69. The van der Waals surface area contributed by atoms with Crippen LogP contribution in [0.1, 0.15) is 17.0 Å². The van der Waals surface area contributed by atoms with Crippen molar-refractivity contribution in [3.8, 4) is 0 Å². The van der Waals surface area contributed by atoms with E-state index < -0.39 is 10.0 Å². The predicted octanol–water partition coefficient (Wildman–Crippen LogP) is 1.12. The number of aromatic nitrogens is 2. The molecular formula is C13H17N5O2S. The molecule has 0 bridgehead atoms. The quantitative estimate of drug-likeness (QED) is 0.580. The molecule has 8 heteroatoms. The van der Waals surface area contributed by atoms with E-state index in [0.29, 0.717) is 17.0 Å². The van der Waals surface area contributed by atoms with Crippen LogP contribution in [0.15, 0.2) is 29.2 Å². The summed E-state index contributed by atoms with van der Waals surface area (Å²) < 4.78 is 29.1. The fourth-order valence-corrected chi connectivity index (χ4v) is 3.67. The molecule has 1 heterocycles. The van der Waals surface area contributed by atoms with Crippen molar-refractivity contribution in [2.75, 3.05) is 4.72 Å². The van der Waals surface area contributed by atoms with Gasteiger partial charge in [-0.3, -0.25) is 14.8 Å². The molecule has 4 N–H and O–H groups in total. The highest BCUT2D eigenvalue weighted by Crippen LogP contribution is 2.23. The Bertz CT molecular complexity index is 808. The van der Waals surface area contributed by atoms with E-state index >= 15 is 0 Å². The highest BCUT2D eigenvalue weighted by molar-refractivity contribution is 7.92. The van der Waals surface area contributed by atoms with E-state index in [1.54, 1.807) is 45.2 Å². The summed E-state index contributed by atoms with van der Waals surface area (Å²) in [5.41, 5.74) is 7.03. The highest BCUT2D eigenvalue weighted by Gasteiger charge is 2.24. The molecule has 2 rings (SSSR count). The van der Waals surface area contributed by atoms with Crippen LogP contribution in [0, 0.1) is 19.3 Å². The van der Waals surface area contributed by atoms with Gasteiger partial charge in [-0.25, -0.2) is 8.42 Å². The van der Waals surface area contributed by atoms with Crippen LogP contribution in [0.4, 0.5) is 5.69 Å². The maximum Gasteiger partial charge on any atom is 0.265 e. The Morgan fingerprint density at radius 2 is 1.95 bits per heavy atom. The van der Waals surface area contributed by atoms with Gasteiger partial charge in [-0.05, 0) is 26.0 Å². The molecule has 0 amide bonds. The van der Waals surface area contributed by atoms with Gasteiger partial charge in [0.25, 0.3) is 10.0 Å². The highest BCUT2D eigenvalue weighted by atomic mass is 32.2. The number of nitrogens with two attached hydrogens (primary N) is 1. The number of hydrogen-bond donors (Lipinski definition) is 3. The van der Waals surface area contributed by atoms with Gasteiger partial charge in [0.1, 0.15) is 10.7 Å². The summed E-state index contributed by atoms with van der Waals surface area (Å²) in [6.07, 6.45) is 0. The minimum atomic E-state index is -3.80. The molecule has 21 heavy (non-hydrogen) atoms. The number of aryl methyl sites for hydroxylation is 2. The number of para-hydroxylation sites is 1. The molecule has 0 unspecified atom stereocenters. The summed E-state index contributed by atoms with van der Waals surface area (Å²) in [5, 5.41) is 11.6. The lowest BCUT2D eigenvalue weighted by Crippen LogP contribution is -2.19. The smallest absolute Gasteiger partial charge is 0.265 e. The van der Waals surface area contributed by atoms with Crippen LogP contribution >= 0.6 is 0 Å². The normalized spacial score (nSPS) is 11.4. The zero-order valence-electron chi connectivity index (χ0n) is 12.0. The van der Waals surface area contributed by atoms with Gasteiger partial charge in [-0.1, -0.05) is 12.1 Å². The lowest BCUT2D eigenvalue weighted by atomic mass is 10.2. The minimum Gasteiger partial charge on any atom is -0.384 e. The van der Waals surface area contributed by atoms with Crippen molar-refractivity contribution < 1.29 is 8.42 Å². The molecule has 1 aromatic heterocycles. The number of sulfonamides is 1. The SMILES string of the molecule is Cc1nn(C)c(C)c1S(=O)(=O)Nc1ccccc1C(=N)N. The Balaban J connectivity index is 2.50. The second-order valence-corrected chi connectivity index (χ2v) is 6.31. The average molecular weight is 307 g/mol. The van der Waals surface area contributed by atoms with Crippen LogP contribution in [-0.2, 0) is 17.1 Å². The molecule has 2 aromatic rings. The second kappa shape index (κ2) is 5.21. The maximum absolute atomic E-state index is 12.6. The van der Waals surface area contributed by atoms with Crippen molar-refractivity contribution in [2.45, 2.75) is 18.7 Å². The predicted molar refractivity (Wildman–Crippen MR) is 80.9 cm³/mol. The van der Waals surface area contributed by atoms with Crippen LogP contribution in [0.2, 0.25) is 0 Å². The molecule has 0 saturated heterocycles. The molecular weight excluding hydrogens is 290 g/mol. The van der Waals surface area contributed by atoms with E-state index in [9.17, 15) is 8.42 Å². The summed E-state index contributed by atoms with van der Waals surface area (Å²) in [6, 6.07) is 6.51. The van der Waals surface area contributed by atoms with Crippen LogP contribution < -0.4 is 10.5 Å². The first-order chi connectivity index (χ1) is 9.74. The number of rotatable bonds is 4. The first kappa shape index (κ1) is 15.0. The summed E-state index contributed by atoms with van der Waals surface area (Å²) >= 11 is 0. The van der Waals surface area contributed by atoms with E-state index in [4.69, 9.17) is 11.1 Å². The standard InChI is InChI=1S/C13H17N5O2S/c1-8-12(9(2)18(3)16-8)21(19,20)17-11-7-5-4-6-10(11)13(14)15/h4-7,17H,1-3H3,(H3,14,15). The summed E-state index contributed by atoms with van der Waals surface area (Å²) in [4.78, 5) is 0.142. The number of nitrogens with one attached hydrogen (secondary N) is 2. The third-order valence-electron chi connectivity index (χ3n) is 3.17. The fourth-order valence-electron chi connectivity index (χ4n) is 2.15. The molecule has 0 radical (unpaired) electrons. The van der Waals surface area contributed by atoms with Gasteiger partial charge in [0.15, 0.2) is 0 Å². The topological polar surface area (TPSA) is 114 Å². The van der Waals surface area contributed by atoms with Gasteiger partial charge in [0.2, 0.25) is 0 Å². The van der Waals surface area contributed by atoms with E-state index in [1.165, 1.54) is 4.68 Å². The van der Waals surface area contributed by atoms with Crippen molar-refractivity contribution in [2.24, 2.45) is 12.8 Å². The van der Waals surface area contributed by atoms with Gasteiger partial charge in [-0.2, -0.15) is 5.10 Å². The minimum absolute atomic E-state index is 0.142. The number of benzene rings is 1. The number of amidine groups is 1. The zero-order valence-corrected chi connectivity index (χ0v) is 12.8. The Hall–Kier alpha value is -2.35. The molecule has 7 nitrogen and oxygen atoms in total. The fraction of sp³-hybridized carbons (Fsp3) is 0.231. The molecule has 0 fully saturated rings. The summed E-state index contributed by atoms with van der Waals surface area (Å²) in [5.74, 6) is -0.201. The Kier molecular flexibility index (Phi) is 3.73. The van der Waals surface area contributed by atoms with Crippen LogP contribution in [0.5, 0.6) is 0 Å². The number of nitrogen functional groups attached to an aromatic ring is 1. The van der Waals surface area contributed by atoms with Gasteiger partial charge < -0.3 is 5.73 Å². The number of anilines is 1. The lowest BCUT2D eigenvalue weighted by Gasteiger charge is -2.12. The van der Waals surface area contributed by atoms with Crippen molar-refractivity contribution in [1.29, 1.82) is 5.41 Å². The van der Waals surface area contributed by atoms with E-state index in [-0.39, 0.29) is 16.4 Å². The largest absolute Gasteiger partial charge is 0.384 e.